The molecule has 0 heterocycles. The minimum absolute atomic E-state index is 0.153. The van der Waals surface area contributed by atoms with Gasteiger partial charge in [-0.15, -0.1) is 6.58 Å². The summed E-state index contributed by atoms with van der Waals surface area (Å²) in [5.74, 6) is 1.60. The number of aliphatic hydroxyl groups is 1. The standard InChI is InChI=1S/C34H54O3/c1-21(2)20-34(37)19-16-30(7)25(29(34,5)6)13-14-32(9)26(30)11-10-24-27-23(22(3)4)12-15-33(27,28(35)36)18-17-31(24,32)8/h23-27,37H,1,3,10-20H2,2,4-9H3,(H,35,36)/t23-,24+,25-,26+,27+,30-,31+,32+,33-,34?/m0/s1. The van der Waals surface area contributed by atoms with Crippen molar-refractivity contribution in [1.29, 1.82) is 0 Å². The molecular formula is C34H54O3. The number of carboxylic acids is 1. The Morgan fingerprint density at radius 2 is 1.49 bits per heavy atom. The highest BCUT2D eigenvalue weighted by Gasteiger charge is 2.72. The molecule has 5 aliphatic carbocycles. The number of carbonyl (C=O) groups is 1. The number of rotatable bonds is 4. The zero-order valence-electron chi connectivity index (χ0n) is 24.9. The van der Waals surface area contributed by atoms with Crippen molar-refractivity contribution in [3.63, 3.8) is 0 Å². The van der Waals surface area contributed by atoms with Gasteiger partial charge in [-0.3, -0.25) is 4.79 Å². The van der Waals surface area contributed by atoms with Crippen molar-refractivity contribution in [3.8, 4) is 0 Å². The average molecular weight is 511 g/mol. The van der Waals surface area contributed by atoms with Crippen LogP contribution in [0.5, 0.6) is 0 Å². The first-order valence-electron chi connectivity index (χ1n) is 15.3. The Bertz CT molecular complexity index is 1010. The van der Waals surface area contributed by atoms with Crippen molar-refractivity contribution in [2.24, 2.45) is 56.7 Å². The molecule has 2 N–H and O–H groups in total. The van der Waals surface area contributed by atoms with Crippen LogP contribution in [0.2, 0.25) is 0 Å². The summed E-state index contributed by atoms with van der Waals surface area (Å²) in [5.41, 5.74) is 1.46. The number of aliphatic carboxylic acids is 1. The maximum absolute atomic E-state index is 12.9. The predicted octanol–water partition coefficient (Wildman–Crippen LogP) is 8.43. The Morgan fingerprint density at radius 1 is 0.811 bits per heavy atom. The summed E-state index contributed by atoms with van der Waals surface area (Å²) in [6.45, 7) is 25.2. The third kappa shape index (κ3) is 3.31. The van der Waals surface area contributed by atoms with E-state index in [1.165, 1.54) is 18.4 Å². The minimum atomic E-state index is -0.678. The van der Waals surface area contributed by atoms with Crippen LogP contribution >= 0.6 is 0 Å². The molecule has 10 atom stereocenters. The summed E-state index contributed by atoms with van der Waals surface area (Å²) in [6.07, 6.45) is 11.1. The predicted molar refractivity (Wildman–Crippen MR) is 151 cm³/mol. The summed E-state index contributed by atoms with van der Waals surface area (Å²) < 4.78 is 0. The summed E-state index contributed by atoms with van der Waals surface area (Å²) >= 11 is 0. The highest BCUT2D eigenvalue weighted by molar-refractivity contribution is 5.76. The Balaban J connectivity index is 1.53. The van der Waals surface area contributed by atoms with Crippen molar-refractivity contribution >= 4 is 5.97 Å². The highest BCUT2D eigenvalue weighted by atomic mass is 16.4. The maximum Gasteiger partial charge on any atom is 0.309 e. The summed E-state index contributed by atoms with van der Waals surface area (Å²) in [6, 6.07) is 0. The molecule has 5 rings (SSSR count). The summed E-state index contributed by atoms with van der Waals surface area (Å²) in [7, 11) is 0. The van der Waals surface area contributed by atoms with Gasteiger partial charge in [-0.2, -0.15) is 0 Å². The van der Waals surface area contributed by atoms with Gasteiger partial charge in [-0.25, -0.2) is 0 Å². The highest BCUT2D eigenvalue weighted by Crippen LogP contribution is 2.78. The van der Waals surface area contributed by atoms with Crippen molar-refractivity contribution in [3.05, 3.63) is 24.3 Å². The number of hydrogen-bond donors (Lipinski definition) is 2. The third-order valence-corrected chi connectivity index (χ3v) is 14.5. The zero-order chi connectivity index (χ0) is 27.4. The topological polar surface area (TPSA) is 57.5 Å². The van der Waals surface area contributed by atoms with Crippen molar-refractivity contribution in [1.82, 2.24) is 0 Å². The van der Waals surface area contributed by atoms with Gasteiger partial charge in [0.1, 0.15) is 0 Å². The van der Waals surface area contributed by atoms with Gasteiger partial charge in [0, 0.05) is 0 Å². The molecule has 0 aromatic rings. The van der Waals surface area contributed by atoms with Gasteiger partial charge in [0.15, 0.2) is 0 Å². The second-order valence-electron chi connectivity index (χ2n) is 16.0. The van der Waals surface area contributed by atoms with Crippen LogP contribution in [-0.4, -0.2) is 21.8 Å². The first-order valence-corrected chi connectivity index (χ1v) is 15.3. The second-order valence-corrected chi connectivity index (χ2v) is 16.0. The lowest BCUT2D eigenvalue weighted by Gasteiger charge is -2.73. The molecule has 5 saturated carbocycles. The molecule has 37 heavy (non-hydrogen) atoms. The van der Waals surface area contributed by atoms with Crippen LogP contribution in [0.3, 0.4) is 0 Å². The van der Waals surface area contributed by atoms with E-state index in [1.807, 2.05) is 0 Å². The monoisotopic (exact) mass is 510 g/mol. The second kappa shape index (κ2) is 8.21. The SMILES string of the molecule is C=C(C)CC1(O)CC[C@]2(C)[C@H]3CC[C@@H]4[C@H]5[C@H](C(=C)C)CC[C@]5(C(=O)O)CC[C@@]4(C)[C@]3(C)CC[C@H]2C1(C)C. The molecule has 0 saturated heterocycles. The van der Waals surface area contributed by atoms with E-state index in [-0.39, 0.29) is 27.6 Å². The van der Waals surface area contributed by atoms with Gasteiger partial charge in [0.25, 0.3) is 0 Å². The molecule has 208 valence electrons. The molecule has 0 spiro atoms. The third-order valence-electron chi connectivity index (χ3n) is 14.5. The van der Waals surface area contributed by atoms with Crippen LogP contribution in [-0.2, 0) is 4.79 Å². The zero-order valence-corrected chi connectivity index (χ0v) is 24.9. The summed E-state index contributed by atoms with van der Waals surface area (Å²) in [4.78, 5) is 12.9. The van der Waals surface area contributed by atoms with Crippen molar-refractivity contribution in [2.45, 2.75) is 125 Å². The molecule has 0 amide bonds. The Morgan fingerprint density at radius 3 is 2.08 bits per heavy atom. The van der Waals surface area contributed by atoms with E-state index in [0.717, 1.165) is 56.9 Å². The molecule has 0 bridgehead atoms. The minimum Gasteiger partial charge on any atom is -0.481 e. The van der Waals surface area contributed by atoms with Gasteiger partial charge in [-0.1, -0.05) is 52.3 Å². The van der Waals surface area contributed by atoms with E-state index < -0.39 is 17.0 Å². The molecule has 0 aromatic heterocycles. The quantitative estimate of drug-likeness (QED) is 0.373. The van der Waals surface area contributed by atoms with Crippen LogP contribution < -0.4 is 0 Å². The lowest BCUT2D eigenvalue weighted by molar-refractivity contribution is -0.264. The number of hydrogen-bond acceptors (Lipinski definition) is 2. The molecule has 0 aromatic carbocycles. The fraction of sp³-hybridized carbons (Fsp3) is 0.853. The first-order chi connectivity index (χ1) is 17.0. The van der Waals surface area contributed by atoms with Crippen molar-refractivity contribution in [2.75, 3.05) is 0 Å². The van der Waals surface area contributed by atoms with E-state index in [0.29, 0.717) is 30.1 Å². The van der Waals surface area contributed by atoms with E-state index in [9.17, 15) is 15.0 Å². The van der Waals surface area contributed by atoms with E-state index in [1.54, 1.807) is 0 Å². The fourth-order valence-corrected chi connectivity index (χ4v) is 12.4. The first kappa shape index (κ1) is 27.5. The van der Waals surface area contributed by atoms with Crippen molar-refractivity contribution < 1.29 is 15.0 Å². The van der Waals surface area contributed by atoms with Crippen LogP contribution in [0.1, 0.15) is 119 Å². The lowest BCUT2D eigenvalue weighted by atomic mass is 9.31. The fourth-order valence-electron chi connectivity index (χ4n) is 12.4. The van der Waals surface area contributed by atoms with Crippen LogP contribution in [0, 0.1) is 56.7 Å². The lowest BCUT2D eigenvalue weighted by Crippen LogP contribution is -2.68. The van der Waals surface area contributed by atoms with Gasteiger partial charge < -0.3 is 10.2 Å². The molecule has 3 nitrogen and oxygen atoms in total. The van der Waals surface area contributed by atoms with Crippen LogP contribution in [0.4, 0.5) is 0 Å². The van der Waals surface area contributed by atoms with E-state index in [4.69, 9.17) is 0 Å². The number of allylic oxidation sites excluding steroid dienone is 1. The molecular weight excluding hydrogens is 456 g/mol. The number of carboxylic acid groups (broad SMARTS) is 1. The summed E-state index contributed by atoms with van der Waals surface area (Å²) in [5, 5.41) is 22.5. The largest absolute Gasteiger partial charge is 0.481 e. The smallest absolute Gasteiger partial charge is 0.309 e. The van der Waals surface area contributed by atoms with Gasteiger partial charge in [0.05, 0.1) is 11.0 Å². The van der Waals surface area contributed by atoms with Crippen LogP contribution in [0.25, 0.3) is 0 Å². The molecule has 5 aliphatic rings. The van der Waals surface area contributed by atoms with Crippen LogP contribution in [0.15, 0.2) is 24.3 Å². The Kier molecular flexibility index (Phi) is 6.10. The average Bonchev–Trinajstić information content (AvgIpc) is 3.18. The molecule has 5 fully saturated rings. The molecule has 1 unspecified atom stereocenters. The Labute approximate surface area is 226 Å². The van der Waals surface area contributed by atoms with E-state index in [2.05, 4.69) is 61.6 Å². The van der Waals surface area contributed by atoms with Gasteiger partial charge in [-0.05, 0) is 136 Å². The molecule has 3 heteroatoms. The molecule has 0 radical (unpaired) electrons. The number of fused-ring (bicyclic) bond motifs is 7. The van der Waals surface area contributed by atoms with Gasteiger partial charge >= 0.3 is 5.97 Å². The normalized spacial score (nSPS) is 52.3. The Hall–Kier alpha value is -1.09. The molecule has 0 aliphatic heterocycles. The maximum atomic E-state index is 12.9. The van der Waals surface area contributed by atoms with Gasteiger partial charge in [0.2, 0.25) is 0 Å². The van der Waals surface area contributed by atoms with E-state index >= 15 is 0 Å².